The topological polar surface area (TPSA) is 56.2 Å². The predicted octanol–water partition coefficient (Wildman–Crippen LogP) is 1.49. The zero-order chi connectivity index (χ0) is 10.3. The first-order valence-corrected chi connectivity index (χ1v) is 4.74. The summed E-state index contributed by atoms with van der Waals surface area (Å²) in [5.41, 5.74) is 9.87. The maximum Gasteiger partial charge on any atom is 0.160 e. The van der Waals surface area contributed by atoms with Gasteiger partial charge in [-0.2, -0.15) is 9.61 Å². The molecule has 2 heterocycles. The van der Waals surface area contributed by atoms with Crippen LogP contribution in [0.4, 0.5) is 5.82 Å². The second kappa shape index (κ2) is 2.97. The number of aryl methyl sites for hydroxylation is 3. The number of nitrogens with two attached hydrogens (primary N) is 1. The minimum absolute atomic E-state index is 0.648. The van der Waals surface area contributed by atoms with Crippen LogP contribution in [0.1, 0.15) is 23.9 Å². The van der Waals surface area contributed by atoms with Gasteiger partial charge in [-0.1, -0.05) is 6.92 Å². The normalized spacial score (nSPS) is 11.1. The first-order chi connectivity index (χ1) is 6.63. The van der Waals surface area contributed by atoms with E-state index in [1.54, 1.807) is 4.52 Å². The molecule has 74 valence electrons. The molecule has 0 amide bonds. The Morgan fingerprint density at radius 2 is 2.14 bits per heavy atom. The molecule has 0 unspecified atom stereocenters. The van der Waals surface area contributed by atoms with Gasteiger partial charge in [-0.05, 0) is 20.3 Å². The van der Waals surface area contributed by atoms with E-state index >= 15 is 0 Å². The van der Waals surface area contributed by atoms with E-state index in [0.29, 0.717) is 5.82 Å². The van der Waals surface area contributed by atoms with E-state index in [4.69, 9.17) is 5.73 Å². The summed E-state index contributed by atoms with van der Waals surface area (Å²) in [5.74, 6) is 0.648. The third-order valence-corrected chi connectivity index (χ3v) is 2.39. The van der Waals surface area contributed by atoms with Crippen LogP contribution < -0.4 is 5.73 Å². The van der Waals surface area contributed by atoms with E-state index in [1.807, 2.05) is 19.9 Å². The lowest BCUT2D eigenvalue weighted by Crippen LogP contribution is -2.01. The average molecular weight is 190 g/mol. The van der Waals surface area contributed by atoms with Crippen molar-refractivity contribution >= 4 is 11.5 Å². The molecule has 0 bridgehead atoms. The smallest absolute Gasteiger partial charge is 0.160 e. The van der Waals surface area contributed by atoms with Crippen LogP contribution in [0.2, 0.25) is 0 Å². The van der Waals surface area contributed by atoms with Gasteiger partial charge in [-0.25, -0.2) is 4.98 Å². The van der Waals surface area contributed by atoms with Gasteiger partial charge in [0.05, 0.1) is 5.69 Å². The maximum absolute atomic E-state index is 5.85. The molecule has 0 saturated carbocycles. The van der Waals surface area contributed by atoms with Crippen molar-refractivity contribution in [1.82, 2.24) is 14.6 Å². The van der Waals surface area contributed by atoms with Gasteiger partial charge in [0.2, 0.25) is 0 Å². The second-order valence-electron chi connectivity index (χ2n) is 3.48. The van der Waals surface area contributed by atoms with Crippen molar-refractivity contribution in [3.8, 4) is 0 Å². The zero-order valence-corrected chi connectivity index (χ0v) is 8.70. The number of nitrogens with zero attached hydrogens (tertiary/aromatic N) is 3. The number of aromatic nitrogens is 3. The Morgan fingerprint density at radius 3 is 2.79 bits per heavy atom. The number of fused-ring (bicyclic) bond motifs is 1. The first kappa shape index (κ1) is 8.99. The van der Waals surface area contributed by atoms with Crippen LogP contribution in [0.15, 0.2) is 6.07 Å². The Bertz CT molecular complexity index is 484. The van der Waals surface area contributed by atoms with Crippen molar-refractivity contribution in [2.75, 3.05) is 5.73 Å². The fourth-order valence-electron chi connectivity index (χ4n) is 1.73. The molecule has 0 aliphatic rings. The van der Waals surface area contributed by atoms with Crippen molar-refractivity contribution in [2.24, 2.45) is 0 Å². The van der Waals surface area contributed by atoms with Gasteiger partial charge in [0.1, 0.15) is 5.82 Å². The van der Waals surface area contributed by atoms with Gasteiger partial charge in [0.15, 0.2) is 5.65 Å². The molecular formula is C10H14N4. The molecule has 0 fully saturated rings. The Balaban J connectivity index is 2.87. The van der Waals surface area contributed by atoms with Crippen LogP contribution in [0.3, 0.4) is 0 Å². The Kier molecular flexibility index (Phi) is 1.91. The fourth-order valence-corrected chi connectivity index (χ4v) is 1.73. The summed E-state index contributed by atoms with van der Waals surface area (Å²) < 4.78 is 1.71. The molecule has 0 atom stereocenters. The van der Waals surface area contributed by atoms with Crippen molar-refractivity contribution in [1.29, 1.82) is 0 Å². The first-order valence-electron chi connectivity index (χ1n) is 4.74. The largest absolute Gasteiger partial charge is 0.384 e. The molecular weight excluding hydrogens is 176 g/mol. The molecule has 0 aliphatic carbocycles. The minimum Gasteiger partial charge on any atom is -0.384 e. The van der Waals surface area contributed by atoms with Crippen LogP contribution in [0.5, 0.6) is 0 Å². The summed E-state index contributed by atoms with van der Waals surface area (Å²) in [6.07, 6.45) is 0.936. The highest BCUT2D eigenvalue weighted by Gasteiger charge is 2.10. The number of anilines is 1. The van der Waals surface area contributed by atoms with Gasteiger partial charge in [-0.15, -0.1) is 0 Å². The van der Waals surface area contributed by atoms with E-state index < -0.39 is 0 Å². The Morgan fingerprint density at radius 1 is 1.43 bits per heavy atom. The lowest BCUT2D eigenvalue weighted by molar-refractivity contribution is 0.921. The van der Waals surface area contributed by atoms with E-state index in [-0.39, 0.29) is 0 Å². The van der Waals surface area contributed by atoms with Crippen molar-refractivity contribution in [3.63, 3.8) is 0 Å². The highest BCUT2D eigenvalue weighted by molar-refractivity contribution is 5.55. The van der Waals surface area contributed by atoms with E-state index in [9.17, 15) is 0 Å². The van der Waals surface area contributed by atoms with Crippen molar-refractivity contribution in [3.05, 3.63) is 23.0 Å². The summed E-state index contributed by atoms with van der Waals surface area (Å²) in [5, 5.41) is 4.35. The molecule has 0 saturated heterocycles. The second-order valence-corrected chi connectivity index (χ2v) is 3.48. The molecule has 14 heavy (non-hydrogen) atoms. The van der Waals surface area contributed by atoms with Crippen LogP contribution in [-0.2, 0) is 6.42 Å². The molecule has 4 heteroatoms. The quantitative estimate of drug-likeness (QED) is 0.741. The van der Waals surface area contributed by atoms with E-state index in [2.05, 4.69) is 17.0 Å². The van der Waals surface area contributed by atoms with Gasteiger partial charge >= 0.3 is 0 Å². The van der Waals surface area contributed by atoms with Gasteiger partial charge in [-0.3, -0.25) is 0 Å². The van der Waals surface area contributed by atoms with Crippen LogP contribution >= 0.6 is 0 Å². The molecule has 0 aliphatic heterocycles. The Labute approximate surface area is 82.8 Å². The average Bonchev–Trinajstić information content (AvgIpc) is 2.41. The SMILES string of the molecule is CCc1c(C)nn2c(N)cc(C)nc12. The third-order valence-electron chi connectivity index (χ3n) is 2.39. The minimum atomic E-state index is 0.648. The van der Waals surface area contributed by atoms with Gasteiger partial charge in [0.25, 0.3) is 0 Å². The summed E-state index contributed by atoms with van der Waals surface area (Å²) in [6, 6.07) is 1.83. The van der Waals surface area contributed by atoms with E-state index in [1.165, 1.54) is 5.56 Å². The third kappa shape index (κ3) is 1.14. The lowest BCUT2D eigenvalue weighted by atomic mass is 10.2. The summed E-state index contributed by atoms with van der Waals surface area (Å²) >= 11 is 0. The fraction of sp³-hybridized carbons (Fsp3) is 0.400. The van der Waals surface area contributed by atoms with Crippen LogP contribution in [0.25, 0.3) is 5.65 Å². The molecule has 0 spiro atoms. The monoisotopic (exact) mass is 190 g/mol. The van der Waals surface area contributed by atoms with Crippen LogP contribution in [-0.4, -0.2) is 14.6 Å². The summed E-state index contributed by atoms with van der Waals surface area (Å²) in [6.45, 7) is 6.03. The molecule has 0 aromatic carbocycles. The molecule has 0 radical (unpaired) electrons. The molecule has 2 rings (SSSR count). The molecule has 2 aromatic rings. The molecule has 2 aromatic heterocycles. The number of rotatable bonds is 1. The predicted molar refractivity (Wildman–Crippen MR) is 56.3 cm³/mol. The highest BCUT2D eigenvalue weighted by atomic mass is 15.3. The zero-order valence-electron chi connectivity index (χ0n) is 8.70. The number of hydrogen-bond donors (Lipinski definition) is 1. The van der Waals surface area contributed by atoms with E-state index in [0.717, 1.165) is 23.5 Å². The van der Waals surface area contributed by atoms with Crippen LogP contribution in [0, 0.1) is 13.8 Å². The summed E-state index contributed by atoms with van der Waals surface area (Å²) in [4.78, 5) is 4.45. The highest BCUT2D eigenvalue weighted by Crippen LogP contribution is 2.17. The van der Waals surface area contributed by atoms with Crippen molar-refractivity contribution < 1.29 is 0 Å². The van der Waals surface area contributed by atoms with Gasteiger partial charge < -0.3 is 5.73 Å². The lowest BCUT2D eigenvalue weighted by Gasteiger charge is -2.00. The number of hydrogen-bond acceptors (Lipinski definition) is 3. The molecule has 2 N–H and O–H groups in total. The summed E-state index contributed by atoms with van der Waals surface area (Å²) in [7, 11) is 0. The number of nitrogen functional groups attached to an aromatic ring is 1. The van der Waals surface area contributed by atoms with Crippen molar-refractivity contribution in [2.45, 2.75) is 27.2 Å². The Hall–Kier alpha value is -1.58. The van der Waals surface area contributed by atoms with Gasteiger partial charge in [0, 0.05) is 17.3 Å². The maximum atomic E-state index is 5.85. The molecule has 4 nitrogen and oxygen atoms in total. The standard InChI is InChI=1S/C10H14N4/c1-4-8-7(3)13-14-9(11)5-6(2)12-10(8)14/h5H,4,11H2,1-3H3.